The Morgan fingerprint density at radius 2 is 2.40 bits per heavy atom. The lowest BCUT2D eigenvalue weighted by molar-refractivity contribution is -0.118. The van der Waals surface area contributed by atoms with Crippen LogP contribution in [0.5, 0.6) is 0 Å². The van der Waals surface area contributed by atoms with Crippen LogP contribution in [0.15, 0.2) is 22.5 Å². The van der Waals surface area contributed by atoms with Crippen molar-refractivity contribution in [3.63, 3.8) is 0 Å². The molecule has 1 aliphatic carbocycles. The Balaban J connectivity index is 1.80. The zero-order valence-electron chi connectivity index (χ0n) is 9.12. The van der Waals surface area contributed by atoms with Gasteiger partial charge in [0.05, 0.1) is 6.04 Å². The molecule has 2 aliphatic rings. The van der Waals surface area contributed by atoms with Crippen molar-refractivity contribution in [3.05, 3.63) is 12.3 Å². The van der Waals surface area contributed by atoms with E-state index in [-0.39, 0.29) is 11.7 Å². The van der Waals surface area contributed by atoms with Crippen molar-refractivity contribution in [2.75, 3.05) is 0 Å². The average molecular weight is 207 g/mol. The van der Waals surface area contributed by atoms with E-state index in [0.29, 0.717) is 12.2 Å². The Hall–Kier alpha value is -1.19. The van der Waals surface area contributed by atoms with Crippen LogP contribution in [0.4, 0.5) is 0 Å². The van der Waals surface area contributed by atoms with Gasteiger partial charge in [-0.1, -0.05) is 13.5 Å². The summed E-state index contributed by atoms with van der Waals surface area (Å²) in [6, 6.07) is -0.00911. The largest absolute Gasteiger partial charge is 0.379 e. The van der Waals surface area contributed by atoms with Crippen molar-refractivity contribution in [1.29, 1.82) is 0 Å². The fourth-order valence-corrected chi connectivity index (χ4v) is 2.02. The van der Waals surface area contributed by atoms with E-state index in [1.807, 2.05) is 0 Å². The normalized spacial score (nSPS) is 26.7. The van der Waals surface area contributed by atoms with Gasteiger partial charge < -0.3 is 5.32 Å². The minimum absolute atomic E-state index is 0.00911. The molecule has 0 saturated heterocycles. The first-order valence-electron chi connectivity index (χ1n) is 5.56. The first-order chi connectivity index (χ1) is 7.15. The maximum Gasteiger partial charge on any atom is 0.196 e. The highest BCUT2D eigenvalue weighted by atomic mass is 16.1. The molecule has 0 bridgehead atoms. The molecule has 0 aromatic heterocycles. The molecule has 82 valence electrons. The van der Waals surface area contributed by atoms with Crippen LogP contribution in [0.3, 0.4) is 0 Å². The summed E-state index contributed by atoms with van der Waals surface area (Å²) in [5, 5.41) is 11.2. The summed E-state index contributed by atoms with van der Waals surface area (Å²) < 4.78 is 0. The molecule has 15 heavy (non-hydrogen) atoms. The number of nitrogens with zero attached hydrogens (tertiary/aromatic N) is 2. The van der Waals surface area contributed by atoms with Crippen LogP contribution in [-0.2, 0) is 4.79 Å². The molecule has 1 unspecified atom stereocenters. The standard InChI is InChI=1S/C11H17N3O/c1-3-11(13-14-11)7-8(2)12-9-5-4-6-10(9)15/h9,12H,2-7H2,1H3. The Kier molecular flexibility index (Phi) is 2.59. The van der Waals surface area contributed by atoms with Crippen molar-refractivity contribution >= 4 is 5.78 Å². The highest BCUT2D eigenvalue weighted by molar-refractivity contribution is 5.86. The molecule has 1 heterocycles. The first kappa shape index (κ1) is 10.3. The predicted molar refractivity (Wildman–Crippen MR) is 57.4 cm³/mol. The minimum Gasteiger partial charge on any atom is -0.379 e. The van der Waals surface area contributed by atoms with Crippen LogP contribution in [0.1, 0.15) is 39.0 Å². The fraction of sp³-hybridized carbons (Fsp3) is 0.727. The maximum atomic E-state index is 11.4. The van der Waals surface area contributed by atoms with Crippen molar-refractivity contribution in [3.8, 4) is 0 Å². The summed E-state index contributed by atoms with van der Waals surface area (Å²) >= 11 is 0. The number of rotatable bonds is 5. The van der Waals surface area contributed by atoms with E-state index >= 15 is 0 Å². The van der Waals surface area contributed by atoms with E-state index in [9.17, 15) is 4.79 Å². The number of Topliss-reactive ketones (excluding diaryl/α,β-unsaturated/α-hetero) is 1. The molecule has 0 amide bonds. The van der Waals surface area contributed by atoms with Crippen molar-refractivity contribution in [2.24, 2.45) is 10.2 Å². The van der Waals surface area contributed by atoms with E-state index < -0.39 is 0 Å². The summed E-state index contributed by atoms with van der Waals surface area (Å²) in [7, 11) is 0. The molecule has 4 nitrogen and oxygen atoms in total. The molecule has 1 saturated carbocycles. The zero-order valence-corrected chi connectivity index (χ0v) is 9.12. The molecule has 1 atom stereocenters. The first-order valence-corrected chi connectivity index (χ1v) is 5.56. The van der Waals surface area contributed by atoms with Crippen LogP contribution in [0.25, 0.3) is 0 Å². The summed E-state index contributed by atoms with van der Waals surface area (Å²) in [4.78, 5) is 11.4. The Labute approximate surface area is 89.8 Å². The number of carbonyl (C=O) groups excluding carboxylic acids is 1. The van der Waals surface area contributed by atoms with Crippen molar-refractivity contribution < 1.29 is 4.79 Å². The van der Waals surface area contributed by atoms with Gasteiger partial charge in [-0.3, -0.25) is 4.79 Å². The Morgan fingerprint density at radius 1 is 1.67 bits per heavy atom. The van der Waals surface area contributed by atoms with Crippen LogP contribution < -0.4 is 5.32 Å². The van der Waals surface area contributed by atoms with Gasteiger partial charge in [-0.05, 0) is 19.3 Å². The lowest BCUT2D eigenvalue weighted by Gasteiger charge is -2.16. The molecule has 0 aromatic carbocycles. The lowest BCUT2D eigenvalue weighted by Crippen LogP contribution is -2.33. The second-order valence-electron chi connectivity index (χ2n) is 4.37. The topological polar surface area (TPSA) is 53.8 Å². The van der Waals surface area contributed by atoms with Gasteiger partial charge in [0.2, 0.25) is 0 Å². The molecule has 0 radical (unpaired) electrons. The smallest absolute Gasteiger partial charge is 0.196 e. The van der Waals surface area contributed by atoms with E-state index in [0.717, 1.165) is 31.4 Å². The molecule has 4 heteroatoms. The SMILES string of the molecule is C=C(CC1(CC)N=N1)NC1CCCC1=O. The summed E-state index contributed by atoms with van der Waals surface area (Å²) in [6.45, 7) is 6.01. The van der Waals surface area contributed by atoms with Gasteiger partial charge in [0, 0.05) is 18.5 Å². The highest BCUT2D eigenvalue weighted by Gasteiger charge is 2.39. The second kappa shape index (κ2) is 3.76. The average Bonchev–Trinajstić information content (AvgIpc) is 2.86. The van der Waals surface area contributed by atoms with Crippen molar-refractivity contribution in [2.45, 2.75) is 50.7 Å². The lowest BCUT2D eigenvalue weighted by atomic mass is 10.1. The second-order valence-corrected chi connectivity index (χ2v) is 4.37. The summed E-state index contributed by atoms with van der Waals surface area (Å²) in [6.07, 6.45) is 4.28. The summed E-state index contributed by atoms with van der Waals surface area (Å²) in [5.41, 5.74) is 0.674. The maximum absolute atomic E-state index is 11.4. The third kappa shape index (κ3) is 2.25. The minimum atomic E-state index is -0.217. The third-order valence-electron chi connectivity index (χ3n) is 3.13. The van der Waals surface area contributed by atoms with E-state index in [4.69, 9.17) is 0 Å². The number of hydrogen-bond acceptors (Lipinski definition) is 4. The molecular formula is C11H17N3O. The van der Waals surface area contributed by atoms with Crippen LogP contribution >= 0.6 is 0 Å². The van der Waals surface area contributed by atoms with E-state index in [1.165, 1.54) is 0 Å². The third-order valence-corrected chi connectivity index (χ3v) is 3.13. The quantitative estimate of drug-likeness (QED) is 0.751. The zero-order chi connectivity index (χ0) is 10.9. The van der Waals surface area contributed by atoms with E-state index in [2.05, 4.69) is 29.0 Å². The van der Waals surface area contributed by atoms with Crippen LogP contribution in [0.2, 0.25) is 0 Å². The monoisotopic (exact) mass is 207 g/mol. The van der Waals surface area contributed by atoms with Crippen molar-refractivity contribution in [1.82, 2.24) is 5.32 Å². The molecule has 1 aliphatic heterocycles. The molecular weight excluding hydrogens is 190 g/mol. The highest BCUT2D eigenvalue weighted by Crippen LogP contribution is 2.37. The van der Waals surface area contributed by atoms with Gasteiger partial charge in [-0.25, -0.2) is 0 Å². The number of nitrogens with one attached hydrogen (secondary N) is 1. The van der Waals surface area contributed by atoms with Gasteiger partial charge in [0.15, 0.2) is 11.4 Å². The van der Waals surface area contributed by atoms with Gasteiger partial charge in [0.25, 0.3) is 0 Å². The predicted octanol–water partition coefficient (Wildman–Crippen LogP) is 2.17. The number of ketones is 1. The van der Waals surface area contributed by atoms with E-state index in [1.54, 1.807) is 0 Å². The Bertz CT molecular complexity index is 316. The molecule has 0 spiro atoms. The molecule has 1 fully saturated rings. The number of hydrogen-bond donors (Lipinski definition) is 1. The summed E-state index contributed by atoms with van der Waals surface area (Å²) in [5.74, 6) is 0.311. The fourth-order valence-electron chi connectivity index (χ4n) is 2.02. The molecule has 2 rings (SSSR count). The van der Waals surface area contributed by atoms with Crippen LogP contribution in [0, 0.1) is 0 Å². The van der Waals surface area contributed by atoms with Gasteiger partial charge in [0.1, 0.15) is 0 Å². The van der Waals surface area contributed by atoms with Crippen LogP contribution in [-0.4, -0.2) is 17.5 Å². The van der Waals surface area contributed by atoms with Gasteiger partial charge in [-0.2, -0.15) is 10.2 Å². The van der Waals surface area contributed by atoms with Gasteiger partial charge >= 0.3 is 0 Å². The number of carbonyl (C=O) groups is 1. The Morgan fingerprint density at radius 3 is 2.87 bits per heavy atom. The molecule has 0 aromatic rings. The molecule has 1 N–H and O–H groups in total. The van der Waals surface area contributed by atoms with Gasteiger partial charge in [-0.15, -0.1) is 0 Å².